The van der Waals surface area contributed by atoms with Crippen molar-refractivity contribution < 1.29 is 0 Å². The summed E-state index contributed by atoms with van der Waals surface area (Å²) in [5.74, 6) is 0.734. The van der Waals surface area contributed by atoms with Crippen molar-refractivity contribution >= 4 is 53.9 Å². The van der Waals surface area contributed by atoms with Crippen LogP contribution in [-0.2, 0) is 0 Å². The van der Waals surface area contributed by atoms with Crippen LogP contribution in [0.15, 0.2) is 158 Å². The lowest BCUT2D eigenvalue weighted by atomic mass is 9.88. The molecule has 0 atom stereocenters. The van der Waals surface area contributed by atoms with Crippen molar-refractivity contribution in [3.8, 4) is 33.6 Å². The van der Waals surface area contributed by atoms with Gasteiger partial charge in [0, 0.05) is 23.5 Å². The van der Waals surface area contributed by atoms with Gasteiger partial charge in [0.2, 0.25) is 0 Å². The molecule has 0 bridgehead atoms. The van der Waals surface area contributed by atoms with Gasteiger partial charge in [0.1, 0.15) is 0 Å². The molecular weight excluding hydrogens is 532 g/mol. The third kappa shape index (κ3) is 3.75. The third-order valence-corrected chi connectivity index (χ3v) is 8.95. The molecule has 0 fully saturated rings. The van der Waals surface area contributed by atoms with Crippen LogP contribution in [0.2, 0.25) is 0 Å². The maximum Gasteiger partial charge on any atom is 0.160 e. The molecule has 0 amide bonds. The molecule has 2 heteroatoms. The average Bonchev–Trinajstić information content (AvgIpc) is 3.11. The topological polar surface area (TPSA) is 25.8 Å². The van der Waals surface area contributed by atoms with Crippen LogP contribution in [-0.4, -0.2) is 9.97 Å². The Hall–Kier alpha value is -5.86. The van der Waals surface area contributed by atoms with Gasteiger partial charge < -0.3 is 0 Å². The molecule has 0 aliphatic rings. The molecule has 0 aliphatic carbocycles. The lowest BCUT2D eigenvalue weighted by molar-refractivity contribution is 1.19. The summed E-state index contributed by atoms with van der Waals surface area (Å²) in [4.78, 5) is 10.0. The highest BCUT2D eigenvalue weighted by molar-refractivity contribution is 6.26. The summed E-state index contributed by atoms with van der Waals surface area (Å²) in [6.45, 7) is 0. The monoisotopic (exact) mass is 558 g/mol. The molecule has 0 radical (unpaired) electrons. The number of hydrogen-bond donors (Lipinski definition) is 0. The highest BCUT2D eigenvalue weighted by atomic mass is 14.9. The molecule has 204 valence electrons. The van der Waals surface area contributed by atoms with Gasteiger partial charge in [0.15, 0.2) is 5.82 Å². The summed E-state index contributed by atoms with van der Waals surface area (Å²) in [5, 5.41) is 12.3. The minimum atomic E-state index is 0.734. The van der Waals surface area contributed by atoms with Crippen LogP contribution in [0.25, 0.3) is 87.5 Å². The molecule has 0 N–H and O–H groups in total. The second-order valence-electron chi connectivity index (χ2n) is 11.4. The Morgan fingerprint density at radius 2 is 0.682 bits per heavy atom. The van der Waals surface area contributed by atoms with Crippen LogP contribution in [0.3, 0.4) is 0 Å². The number of hydrogen-bond acceptors (Lipinski definition) is 2. The Bertz CT molecular complexity index is 2440. The van der Waals surface area contributed by atoms with E-state index in [1.807, 2.05) is 12.4 Å². The molecule has 2 nitrogen and oxygen atoms in total. The molecule has 44 heavy (non-hydrogen) atoms. The van der Waals surface area contributed by atoms with Crippen LogP contribution in [0.4, 0.5) is 0 Å². The highest BCUT2D eigenvalue weighted by Crippen LogP contribution is 2.43. The fraction of sp³-hybridized carbons (Fsp3) is 0. The molecule has 9 aromatic rings. The van der Waals surface area contributed by atoms with Gasteiger partial charge in [-0.1, -0.05) is 140 Å². The zero-order chi connectivity index (χ0) is 29.0. The van der Waals surface area contributed by atoms with E-state index in [9.17, 15) is 0 Å². The Balaban J connectivity index is 1.23. The predicted octanol–water partition coefficient (Wildman–Crippen LogP) is 11.2. The molecule has 1 aromatic heterocycles. The summed E-state index contributed by atoms with van der Waals surface area (Å²) in [5.41, 5.74) is 5.63. The number of aromatic nitrogens is 2. The second-order valence-corrected chi connectivity index (χ2v) is 11.4. The molecule has 0 unspecified atom stereocenters. The van der Waals surface area contributed by atoms with Gasteiger partial charge in [-0.15, -0.1) is 0 Å². The predicted molar refractivity (Wildman–Crippen MR) is 186 cm³/mol. The maximum absolute atomic E-state index is 5.01. The first-order chi connectivity index (χ1) is 21.8. The van der Waals surface area contributed by atoms with Crippen LogP contribution in [0.1, 0.15) is 0 Å². The highest BCUT2D eigenvalue weighted by Gasteiger charge is 2.18. The SMILES string of the molecule is c1ccc(-c2c3ccccc3c(-c3ncc(-c4ccc5c6ccccc6c6ccccc6c5c4)cn3)c3ccccc23)cc1. The maximum atomic E-state index is 5.01. The van der Waals surface area contributed by atoms with Crippen LogP contribution < -0.4 is 0 Å². The molecule has 8 aromatic carbocycles. The van der Waals surface area contributed by atoms with Gasteiger partial charge in [0.05, 0.1) is 0 Å². The Labute approximate surface area is 254 Å². The summed E-state index contributed by atoms with van der Waals surface area (Å²) < 4.78 is 0. The summed E-state index contributed by atoms with van der Waals surface area (Å²) in [7, 11) is 0. The first kappa shape index (κ1) is 24.7. The summed E-state index contributed by atoms with van der Waals surface area (Å²) >= 11 is 0. The lowest BCUT2D eigenvalue weighted by Crippen LogP contribution is -1.95. The largest absolute Gasteiger partial charge is 0.236 e. The smallest absolute Gasteiger partial charge is 0.160 e. The fourth-order valence-corrected chi connectivity index (χ4v) is 6.98. The first-order valence-electron chi connectivity index (χ1n) is 15.0. The van der Waals surface area contributed by atoms with Crippen molar-refractivity contribution in [2.45, 2.75) is 0 Å². The molecule has 0 saturated heterocycles. The Kier molecular flexibility index (Phi) is 5.54. The number of nitrogens with zero attached hydrogens (tertiary/aromatic N) is 2. The van der Waals surface area contributed by atoms with Crippen molar-refractivity contribution in [3.63, 3.8) is 0 Å². The first-order valence-corrected chi connectivity index (χ1v) is 15.0. The Morgan fingerprint density at radius 3 is 1.20 bits per heavy atom. The molecule has 9 rings (SSSR count). The summed E-state index contributed by atoms with van der Waals surface area (Å²) in [6.07, 6.45) is 3.95. The minimum absolute atomic E-state index is 0.734. The van der Waals surface area contributed by atoms with E-state index in [1.54, 1.807) is 0 Å². The molecule has 1 heterocycles. The van der Waals surface area contributed by atoms with Crippen molar-refractivity contribution in [1.29, 1.82) is 0 Å². The average molecular weight is 559 g/mol. The van der Waals surface area contributed by atoms with E-state index in [1.165, 1.54) is 54.2 Å². The van der Waals surface area contributed by atoms with E-state index in [-0.39, 0.29) is 0 Å². The van der Waals surface area contributed by atoms with Gasteiger partial charge in [-0.05, 0) is 76.6 Å². The van der Waals surface area contributed by atoms with E-state index >= 15 is 0 Å². The Morgan fingerprint density at radius 1 is 0.273 bits per heavy atom. The van der Waals surface area contributed by atoms with Crippen LogP contribution in [0, 0.1) is 0 Å². The zero-order valence-corrected chi connectivity index (χ0v) is 23.9. The number of fused-ring (bicyclic) bond motifs is 8. The van der Waals surface area contributed by atoms with E-state index in [0.29, 0.717) is 0 Å². The number of rotatable bonds is 3. The normalized spacial score (nSPS) is 11.6. The zero-order valence-electron chi connectivity index (χ0n) is 23.9. The van der Waals surface area contributed by atoms with Crippen molar-refractivity contribution in [2.75, 3.05) is 0 Å². The molecule has 0 spiro atoms. The van der Waals surface area contributed by atoms with E-state index < -0.39 is 0 Å². The van der Waals surface area contributed by atoms with Gasteiger partial charge in [-0.25, -0.2) is 9.97 Å². The van der Waals surface area contributed by atoms with Gasteiger partial charge in [-0.3, -0.25) is 0 Å². The fourth-order valence-electron chi connectivity index (χ4n) is 6.98. The van der Waals surface area contributed by atoms with E-state index in [0.717, 1.165) is 33.3 Å². The minimum Gasteiger partial charge on any atom is -0.236 e. The van der Waals surface area contributed by atoms with Crippen molar-refractivity contribution in [2.24, 2.45) is 0 Å². The second kappa shape index (κ2) is 9.86. The van der Waals surface area contributed by atoms with Crippen molar-refractivity contribution in [1.82, 2.24) is 9.97 Å². The van der Waals surface area contributed by atoms with Gasteiger partial charge >= 0.3 is 0 Å². The molecular formula is C42H26N2. The molecule has 0 saturated carbocycles. The standard InChI is InChI=1S/C42H26N2/c1-2-12-27(13-3-1)40-35-18-8-10-20-37(35)41(38-21-11-9-19-36(38)40)42-43-25-29(26-44-42)28-22-23-34-32-16-5-4-14-30(32)31-15-6-7-17-33(31)39(34)24-28/h1-26H. The lowest BCUT2D eigenvalue weighted by Gasteiger charge is -2.17. The van der Waals surface area contributed by atoms with Crippen molar-refractivity contribution in [3.05, 3.63) is 158 Å². The van der Waals surface area contributed by atoms with E-state index in [4.69, 9.17) is 9.97 Å². The van der Waals surface area contributed by atoms with Gasteiger partial charge in [-0.2, -0.15) is 0 Å². The van der Waals surface area contributed by atoms with Crippen LogP contribution >= 0.6 is 0 Å². The quantitative estimate of drug-likeness (QED) is 0.159. The molecule has 0 aliphatic heterocycles. The summed E-state index contributed by atoms with van der Waals surface area (Å²) in [6, 6.07) is 52.0. The number of benzene rings is 8. The third-order valence-electron chi connectivity index (χ3n) is 8.95. The van der Waals surface area contributed by atoms with Crippen LogP contribution in [0.5, 0.6) is 0 Å². The van der Waals surface area contributed by atoms with E-state index in [2.05, 4.69) is 146 Å². The van der Waals surface area contributed by atoms with Gasteiger partial charge in [0.25, 0.3) is 0 Å².